The molecule has 0 bridgehead atoms. The van der Waals surface area contributed by atoms with E-state index in [1.54, 1.807) is 25.1 Å². The van der Waals surface area contributed by atoms with Crippen molar-refractivity contribution in [2.24, 2.45) is 0 Å². The summed E-state index contributed by atoms with van der Waals surface area (Å²) in [5, 5.41) is 13.3. The maximum Gasteiger partial charge on any atom is 0.341 e. The lowest BCUT2D eigenvalue weighted by Crippen LogP contribution is -2.30. The second-order valence-corrected chi connectivity index (χ2v) is 5.35. The van der Waals surface area contributed by atoms with E-state index in [9.17, 15) is 19.7 Å². The van der Waals surface area contributed by atoms with E-state index in [4.69, 9.17) is 10.5 Å². The maximum atomic E-state index is 12.2. The Morgan fingerprint density at radius 1 is 1.20 bits per heavy atom. The minimum Gasteiger partial charge on any atom is -0.449 e. The standard InChI is InChI=1S/C17H17N3O5/c1-10-6-5-7-12(15(10)18)17(22)25-11(2)16(21)19-13-8-3-4-9-14(13)20(23)24/h3-9,11H,18H2,1-2H3,(H,19,21)/t11-/m0/s1. The summed E-state index contributed by atoms with van der Waals surface area (Å²) in [6.07, 6.45) is -1.16. The highest BCUT2D eigenvalue weighted by molar-refractivity contribution is 6.00. The first-order valence-corrected chi connectivity index (χ1v) is 7.41. The van der Waals surface area contributed by atoms with Gasteiger partial charge in [-0.3, -0.25) is 14.9 Å². The third kappa shape index (κ3) is 4.11. The minimum absolute atomic E-state index is 0.0236. The van der Waals surface area contributed by atoms with E-state index >= 15 is 0 Å². The Morgan fingerprint density at radius 2 is 1.88 bits per heavy atom. The number of anilines is 2. The fraction of sp³-hybridized carbons (Fsp3) is 0.176. The summed E-state index contributed by atoms with van der Waals surface area (Å²) >= 11 is 0. The molecule has 0 spiro atoms. The molecule has 2 aromatic rings. The Balaban J connectivity index is 2.09. The Kier molecular flexibility index (Phi) is 5.33. The normalized spacial score (nSPS) is 11.4. The molecule has 3 N–H and O–H groups in total. The molecule has 0 aliphatic carbocycles. The summed E-state index contributed by atoms with van der Waals surface area (Å²) in [5.74, 6) is -1.43. The Morgan fingerprint density at radius 3 is 2.56 bits per heavy atom. The first-order valence-electron chi connectivity index (χ1n) is 7.41. The Bertz CT molecular complexity index is 835. The van der Waals surface area contributed by atoms with Gasteiger partial charge in [-0.1, -0.05) is 24.3 Å². The van der Waals surface area contributed by atoms with Gasteiger partial charge in [0.2, 0.25) is 0 Å². The van der Waals surface area contributed by atoms with Crippen LogP contribution >= 0.6 is 0 Å². The molecule has 0 fully saturated rings. The number of nitrogens with two attached hydrogens (primary N) is 1. The molecular weight excluding hydrogens is 326 g/mol. The minimum atomic E-state index is -1.16. The van der Waals surface area contributed by atoms with Crippen molar-refractivity contribution in [3.63, 3.8) is 0 Å². The van der Waals surface area contributed by atoms with Crippen molar-refractivity contribution >= 4 is 28.9 Å². The number of carbonyl (C=O) groups is 2. The van der Waals surface area contributed by atoms with Crippen LogP contribution in [0, 0.1) is 17.0 Å². The molecule has 1 amide bonds. The zero-order chi connectivity index (χ0) is 18.6. The molecule has 0 radical (unpaired) electrons. The fourth-order valence-electron chi connectivity index (χ4n) is 2.11. The third-order valence-electron chi connectivity index (χ3n) is 3.56. The van der Waals surface area contributed by atoms with Crippen molar-refractivity contribution in [2.45, 2.75) is 20.0 Å². The van der Waals surface area contributed by atoms with Gasteiger partial charge in [-0.05, 0) is 31.5 Å². The van der Waals surface area contributed by atoms with E-state index in [0.29, 0.717) is 5.56 Å². The van der Waals surface area contributed by atoms with Gasteiger partial charge in [0, 0.05) is 11.8 Å². The number of hydrogen-bond acceptors (Lipinski definition) is 6. The first-order chi connectivity index (χ1) is 11.8. The van der Waals surface area contributed by atoms with E-state index in [1.807, 2.05) is 0 Å². The van der Waals surface area contributed by atoms with Gasteiger partial charge in [0.25, 0.3) is 11.6 Å². The average molecular weight is 343 g/mol. The SMILES string of the molecule is Cc1cccc(C(=O)O[C@@H](C)C(=O)Nc2ccccc2[N+](=O)[O-])c1N. The number of rotatable bonds is 5. The van der Waals surface area contributed by atoms with Crippen molar-refractivity contribution in [3.05, 3.63) is 63.7 Å². The van der Waals surface area contributed by atoms with Crippen molar-refractivity contribution in [1.82, 2.24) is 0 Å². The van der Waals surface area contributed by atoms with Gasteiger partial charge in [-0.25, -0.2) is 4.79 Å². The molecule has 8 heteroatoms. The van der Waals surface area contributed by atoms with Crippen molar-refractivity contribution in [1.29, 1.82) is 0 Å². The molecule has 25 heavy (non-hydrogen) atoms. The molecule has 0 aromatic heterocycles. The highest BCUT2D eigenvalue weighted by Gasteiger charge is 2.23. The molecule has 0 aliphatic heterocycles. The second-order valence-electron chi connectivity index (χ2n) is 5.35. The van der Waals surface area contributed by atoms with Crippen LogP contribution in [0.3, 0.4) is 0 Å². The summed E-state index contributed by atoms with van der Waals surface area (Å²) in [6.45, 7) is 3.12. The molecule has 0 heterocycles. The van der Waals surface area contributed by atoms with Gasteiger partial charge in [0.15, 0.2) is 6.10 Å². The molecule has 0 saturated heterocycles. The van der Waals surface area contributed by atoms with Crippen LogP contribution in [-0.2, 0) is 9.53 Å². The van der Waals surface area contributed by atoms with E-state index in [0.717, 1.165) is 0 Å². The number of nitro benzene ring substituents is 1. The van der Waals surface area contributed by atoms with Crippen LogP contribution in [-0.4, -0.2) is 22.9 Å². The fourth-order valence-corrected chi connectivity index (χ4v) is 2.11. The van der Waals surface area contributed by atoms with Gasteiger partial charge >= 0.3 is 5.97 Å². The summed E-state index contributed by atoms with van der Waals surface area (Å²) in [5.41, 5.74) is 6.76. The highest BCUT2D eigenvalue weighted by atomic mass is 16.6. The molecule has 0 aliphatic rings. The van der Waals surface area contributed by atoms with E-state index in [-0.39, 0.29) is 22.6 Å². The van der Waals surface area contributed by atoms with Crippen LogP contribution < -0.4 is 11.1 Å². The predicted molar refractivity (Wildman–Crippen MR) is 92.2 cm³/mol. The lowest BCUT2D eigenvalue weighted by Gasteiger charge is -2.15. The van der Waals surface area contributed by atoms with Crippen molar-refractivity contribution in [2.75, 3.05) is 11.1 Å². The zero-order valence-electron chi connectivity index (χ0n) is 13.7. The number of ether oxygens (including phenoxy) is 1. The number of para-hydroxylation sites is 3. The largest absolute Gasteiger partial charge is 0.449 e. The maximum absolute atomic E-state index is 12.2. The van der Waals surface area contributed by atoms with Crippen molar-refractivity contribution < 1.29 is 19.2 Å². The topological polar surface area (TPSA) is 125 Å². The molecule has 1 atom stereocenters. The van der Waals surface area contributed by atoms with Crippen LogP contribution in [0.2, 0.25) is 0 Å². The quantitative estimate of drug-likeness (QED) is 0.372. The number of hydrogen-bond donors (Lipinski definition) is 2. The molecule has 2 rings (SSSR count). The molecule has 0 saturated carbocycles. The summed E-state index contributed by atoms with van der Waals surface area (Å²) in [4.78, 5) is 34.7. The van der Waals surface area contributed by atoms with Gasteiger partial charge < -0.3 is 15.8 Å². The summed E-state index contributed by atoms with van der Waals surface area (Å²) in [7, 11) is 0. The van der Waals surface area contributed by atoms with Gasteiger partial charge in [0.1, 0.15) is 5.69 Å². The Labute approximate surface area is 143 Å². The van der Waals surface area contributed by atoms with Gasteiger partial charge in [0.05, 0.1) is 10.5 Å². The van der Waals surface area contributed by atoms with Crippen LogP contribution in [0.4, 0.5) is 17.1 Å². The first kappa shape index (κ1) is 17.9. The van der Waals surface area contributed by atoms with Gasteiger partial charge in [-0.15, -0.1) is 0 Å². The van der Waals surface area contributed by atoms with Crippen LogP contribution in [0.15, 0.2) is 42.5 Å². The molecule has 8 nitrogen and oxygen atoms in total. The number of esters is 1. The zero-order valence-corrected chi connectivity index (χ0v) is 13.7. The smallest absolute Gasteiger partial charge is 0.341 e. The average Bonchev–Trinajstić information content (AvgIpc) is 2.57. The number of carbonyl (C=O) groups excluding carboxylic acids is 2. The molecular formula is C17H17N3O5. The Hall–Kier alpha value is -3.42. The molecule has 0 unspecified atom stereocenters. The number of nitrogens with one attached hydrogen (secondary N) is 1. The molecule has 2 aromatic carbocycles. The summed E-state index contributed by atoms with van der Waals surface area (Å²) in [6, 6.07) is 10.6. The monoisotopic (exact) mass is 343 g/mol. The predicted octanol–water partition coefficient (Wildman–Crippen LogP) is 2.67. The van der Waals surface area contributed by atoms with Crippen LogP contribution in [0.25, 0.3) is 0 Å². The highest BCUT2D eigenvalue weighted by Crippen LogP contribution is 2.24. The number of aryl methyl sites for hydroxylation is 1. The lowest BCUT2D eigenvalue weighted by atomic mass is 10.1. The number of nitrogens with zero attached hydrogens (tertiary/aromatic N) is 1. The van der Waals surface area contributed by atoms with E-state index < -0.39 is 22.9 Å². The third-order valence-corrected chi connectivity index (χ3v) is 3.56. The second kappa shape index (κ2) is 7.43. The number of nitrogen functional groups attached to an aromatic ring is 1. The van der Waals surface area contributed by atoms with Crippen LogP contribution in [0.5, 0.6) is 0 Å². The number of amides is 1. The number of benzene rings is 2. The van der Waals surface area contributed by atoms with E-state index in [2.05, 4.69) is 5.32 Å². The molecule has 130 valence electrons. The van der Waals surface area contributed by atoms with Crippen molar-refractivity contribution in [3.8, 4) is 0 Å². The van der Waals surface area contributed by atoms with Crippen LogP contribution in [0.1, 0.15) is 22.8 Å². The van der Waals surface area contributed by atoms with Gasteiger partial charge in [-0.2, -0.15) is 0 Å². The van der Waals surface area contributed by atoms with E-state index in [1.165, 1.54) is 31.2 Å². The summed E-state index contributed by atoms with van der Waals surface area (Å²) < 4.78 is 5.11. The lowest BCUT2D eigenvalue weighted by molar-refractivity contribution is -0.383. The number of nitro groups is 1.